The van der Waals surface area contributed by atoms with Gasteiger partial charge in [-0.1, -0.05) is 36.4 Å². The molecule has 0 atom stereocenters. The van der Waals surface area contributed by atoms with Gasteiger partial charge in [0.2, 0.25) is 0 Å². The number of benzene rings is 2. The van der Waals surface area contributed by atoms with E-state index in [0.717, 1.165) is 5.69 Å². The summed E-state index contributed by atoms with van der Waals surface area (Å²) in [7, 11) is 0. The third-order valence-electron chi connectivity index (χ3n) is 2.57. The minimum absolute atomic E-state index is 0.261. The van der Waals surface area contributed by atoms with Crippen LogP contribution in [0.5, 0.6) is 0 Å². The third-order valence-corrected chi connectivity index (χ3v) is 2.57. The van der Waals surface area contributed by atoms with Crippen LogP contribution in [0.3, 0.4) is 0 Å². The first-order valence-electron chi connectivity index (χ1n) is 6.46. The molecule has 0 aliphatic heterocycles. The van der Waals surface area contributed by atoms with E-state index >= 15 is 0 Å². The molecule has 2 aromatic rings. The molecule has 0 saturated carbocycles. The maximum Gasteiger partial charge on any atom is 0.275 e. The van der Waals surface area contributed by atoms with Gasteiger partial charge in [-0.3, -0.25) is 9.74 Å². The molecule has 6 heteroatoms. The number of para-hydroxylation sites is 2. The number of nitrogens with two attached hydrogens (primary N) is 2. The van der Waals surface area contributed by atoms with E-state index in [4.69, 9.17) is 11.5 Å². The number of hydrogen-bond acceptors (Lipinski definition) is 4. The molecule has 116 valence electrons. The zero-order valence-corrected chi connectivity index (χ0v) is 12.1. The Morgan fingerprint density at radius 2 is 1.55 bits per heavy atom. The van der Waals surface area contributed by atoms with Gasteiger partial charge in [-0.15, -0.1) is 0 Å². The van der Waals surface area contributed by atoms with Crippen molar-refractivity contribution in [3.63, 3.8) is 0 Å². The monoisotopic (exact) mass is 303 g/mol. The van der Waals surface area contributed by atoms with Gasteiger partial charge in [-0.25, -0.2) is 0 Å². The first kappa shape index (κ1) is 17.0. The van der Waals surface area contributed by atoms with Crippen LogP contribution in [0, 0.1) is 0 Å². The average Bonchev–Trinajstić information content (AvgIpc) is 2.55. The predicted octanol–water partition coefficient (Wildman–Crippen LogP) is 2.99. The van der Waals surface area contributed by atoms with Gasteiger partial charge < -0.3 is 16.8 Å². The molecule has 0 heterocycles. The Bertz CT molecular complexity index is 616. The second-order valence-corrected chi connectivity index (χ2v) is 4.28. The van der Waals surface area contributed by atoms with Gasteiger partial charge in [0.1, 0.15) is 5.70 Å². The smallest absolute Gasteiger partial charge is 0.275 e. The fourth-order valence-corrected chi connectivity index (χ4v) is 1.37. The Balaban J connectivity index is 0.000000287. The number of amides is 1. The first-order chi connectivity index (χ1) is 10.5. The lowest BCUT2D eigenvalue weighted by Crippen LogP contribution is -2.21. The molecule has 0 aliphatic rings. The summed E-state index contributed by atoms with van der Waals surface area (Å²) < 4.78 is 11.7. The van der Waals surface area contributed by atoms with Crippen LogP contribution in [0.2, 0.25) is 0 Å². The van der Waals surface area contributed by atoms with Gasteiger partial charge in [0.25, 0.3) is 5.91 Å². The van der Waals surface area contributed by atoms with Gasteiger partial charge >= 0.3 is 0 Å². The van der Waals surface area contributed by atoms with Crippen molar-refractivity contribution in [1.29, 1.82) is 0 Å². The maximum atomic E-state index is 11.7. The minimum Gasteiger partial charge on any atom is -0.399 e. The first-order valence-corrected chi connectivity index (χ1v) is 6.46. The van der Waals surface area contributed by atoms with Crippen LogP contribution in [0.1, 0.15) is 6.92 Å². The summed E-state index contributed by atoms with van der Waals surface area (Å²) in [6, 6.07) is 18.2. The molecule has 0 saturated heterocycles. The lowest BCUT2D eigenvalue weighted by Gasteiger charge is -2.05. The highest BCUT2D eigenvalue weighted by atomic mass is 19.3. The molecule has 0 unspecified atom stereocenters. The fraction of sp³-hybridized carbons (Fsp3) is 0.0625. The van der Waals surface area contributed by atoms with Gasteiger partial charge in [-0.05, 0) is 24.3 Å². The van der Waals surface area contributed by atoms with Crippen molar-refractivity contribution >= 4 is 17.3 Å². The van der Waals surface area contributed by atoms with Crippen LogP contribution in [0.25, 0.3) is 0 Å². The van der Waals surface area contributed by atoms with Crippen molar-refractivity contribution in [2.45, 2.75) is 6.92 Å². The molecule has 5 nitrogen and oxygen atoms in total. The summed E-state index contributed by atoms with van der Waals surface area (Å²) in [5, 5.41) is 2.49. The van der Waals surface area contributed by atoms with E-state index < -0.39 is 5.91 Å². The molecule has 22 heavy (non-hydrogen) atoms. The molecule has 0 aromatic heterocycles. The summed E-state index contributed by atoms with van der Waals surface area (Å²) in [5.41, 5.74) is 11.8. The number of nitrogen functional groups attached to an aromatic ring is 1. The standard InChI is InChI=1S/C10H11FN2O2.C6H7N/c1-7(15-11)9(12)10(14)13-8-5-3-2-4-6-8;7-6-4-2-1-3-5-6/h2-6H,12H2,1H3,(H,13,14);1-5H,7H2/b9-7+;. The topological polar surface area (TPSA) is 90.4 Å². The minimum atomic E-state index is -0.601. The number of rotatable bonds is 3. The van der Waals surface area contributed by atoms with Gasteiger partial charge in [0.05, 0.1) is 0 Å². The lowest BCUT2D eigenvalue weighted by atomic mass is 10.3. The maximum absolute atomic E-state index is 11.7. The molecular weight excluding hydrogens is 285 g/mol. The zero-order chi connectivity index (χ0) is 16.4. The molecule has 0 bridgehead atoms. The van der Waals surface area contributed by atoms with Crippen molar-refractivity contribution in [2.75, 3.05) is 11.1 Å². The van der Waals surface area contributed by atoms with Gasteiger partial charge in [0.15, 0.2) is 5.76 Å². The summed E-state index contributed by atoms with van der Waals surface area (Å²) in [6.45, 7) is 1.26. The number of hydrogen-bond donors (Lipinski definition) is 3. The largest absolute Gasteiger partial charge is 0.399 e. The quantitative estimate of drug-likeness (QED) is 0.462. The molecule has 0 radical (unpaired) electrons. The molecule has 2 rings (SSSR count). The Hall–Kier alpha value is -3.02. The van der Waals surface area contributed by atoms with Crippen LogP contribution < -0.4 is 16.8 Å². The summed E-state index contributed by atoms with van der Waals surface area (Å²) in [4.78, 5) is 14.7. The Morgan fingerprint density at radius 3 is 1.95 bits per heavy atom. The highest BCUT2D eigenvalue weighted by Crippen LogP contribution is 2.08. The highest BCUT2D eigenvalue weighted by Gasteiger charge is 2.10. The van der Waals surface area contributed by atoms with Gasteiger partial charge in [-0.2, -0.15) is 0 Å². The Morgan fingerprint density at radius 1 is 1.05 bits per heavy atom. The molecular formula is C16H18FN3O2. The predicted molar refractivity (Wildman–Crippen MR) is 85.0 cm³/mol. The summed E-state index contributed by atoms with van der Waals surface area (Å²) >= 11 is 0. The summed E-state index contributed by atoms with van der Waals surface area (Å²) in [5.74, 6) is -0.861. The fourth-order valence-electron chi connectivity index (χ4n) is 1.37. The molecule has 5 N–H and O–H groups in total. The summed E-state index contributed by atoms with van der Waals surface area (Å²) in [6.07, 6.45) is 0. The van der Waals surface area contributed by atoms with Crippen molar-refractivity contribution in [3.05, 3.63) is 72.1 Å². The van der Waals surface area contributed by atoms with Crippen LogP contribution in [0.4, 0.5) is 15.9 Å². The molecule has 0 aliphatic carbocycles. The second kappa shape index (κ2) is 9.02. The molecule has 0 spiro atoms. The van der Waals surface area contributed by atoms with E-state index in [1.165, 1.54) is 6.92 Å². The Labute approximate surface area is 128 Å². The van der Waals surface area contributed by atoms with Crippen LogP contribution >= 0.6 is 0 Å². The number of halogens is 1. The van der Waals surface area contributed by atoms with E-state index in [9.17, 15) is 9.32 Å². The van der Waals surface area contributed by atoms with E-state index in [-0.39, 0.29) is 11.5 Å². The van der Waals surface area contributed by atoms with E-state index in [2.05, 4.69) is 10.3 Å². The van der Waals surface area contributed by atoms with E-state index in [0.29, 0.717) is 5.69 Å². The average molecular weight is 303 g/mol. The number of nitrogens with one attached hydrogen (secondary N) is 1. The van der Waals surface area contributed by atoms with Crippen LogP contribution in [-0.2, 0) is 9.74 Å². The number of carbonyl (C=O) groups excluding carboxylic acids is 1. The van der Waals surface area contributed by atoms with Crippen molar-refractivity contribution in [3.8, 4) is 0 Å². The van der Waals surface area contributed by atoms with Gasteiger partial charge in [0, 0.05) is 22.8 Å². The highest BCUT2D eigenvalue weighted by molar-refractivity contribution is 6.03. The normalized spacial score (nSPS) is 10.6. The molecule has 0 fully saturated rings. The zero-order valence-electron chi connectivity index (χ0n) is 12.1. The van der Waals surface area contributed by atoms with Crippen molar-refractivity contribution < 1.29 is 14.3 Å². The SMILES string of the molecule is C/C(OF)=C(\N)C(=O)Nc1ccccc1.Nc1ccccc1. The molecule has 1 amide bonds. The van der Waals surface area contributed by atoms with Crippen LogP contribution in [-0.4, -0.2) is 5.91 Å². The number of allylic oxidation sites excluding steroid dienone is 1. The van der Waals surface area contributed by atoms with E-state index in [1.807, 2.05) is 36.4 Å². The number of carbonyl (C=O) groups is 1. The third kappa shape index (κ3) is 5.96. The Kier molecular flexibility index (Phi) is 6.98. The van der Waals surface area contributed by atoms with E-state index in [1.54, 1.807) is 24.3 Å². The van der Waals surface area contributed by atoms with Crippen molar-refractivity contribution in [2.24, 2.45) is 5.73 Å². The second-order valence-electron chi connectivity index (χ2n) is 4.28. The van der Waals surface area contributed by atoms with Crippen LogP contribution in [0.15, 0.2) is 72.1 Å². The van der Waals surface area contributed by atoms with Crippen molar-refractivity contribution in [1.82, 2.24) is 0 Å². The number of anilines is 2. The molecule has 2 aromatic carbocycles. The lowest BCUT2D eigenvalue weighted by molar-refractivity contribution is -0.115.